The fourth-order valence-corrected chi connectivity index (χ4v) is 0.194. The molecule has 0 aliphatic heterocycles. The van der Waals surface area contributed by atoms with E-state index in [-0.39, 0.29) is 5.96 Å². The molecule has 0 heterocycles. The summed E-state index contributed by atoms with van der Waals surface area (Å²) in [4.78, 5) is 9.12. The van der Waals surface area contributed by atoms with Crippen LogP contribution in [-0.2, 0) is 4.79 Å². The Balaban J connectivity index is 0. The highest BCUT2D eigenvalue weighted by Crippen LogP contribution is 1.71. The smallest absolute Gasteiger partial charge is 0.329 e. The van der Waals surface area contributed by atoms with Crippen molar-refractivity contribution in [1.82, 2.24) is 5.43 Å². The highest BCUT2D eigenvalue weighted by atomic mass is 16.4. The van der Waals surface area contributed by atoms with E-state index in [2.05, 4.69) is 17.1 Å². The molecule has 6 N–H and O–H groups in total. The van der Waals surface area contributed by atoms with E-state index >= 15 is 0 Å². The third-order valence-corrected chi connectivity index (χ3v) is 0.783. The number of hydrogen-bond donors (Lipinski definition) is 5. The minimum Gasteiger partial charge on any atom is -0.480 e. The maximum absolute atomic E-state index is 9.12. The molecular formula is C7H14N4O3. The molecule has 0 radical (unpaired) electrons. The number of aliphatic hydroxyl groups excluding tert-OH is 1. The van der Waals surface area contributed by atoms with Gasteiger partial charge in [0.2, 0.25) is 5.96 Å². The molecule has 0 bridgehead atoms. The van der Waals surface area contributed by atoms with Crippen molar-refractivity contribution in [2.24, 2.45) is 10.8 Å². The molecule has 14 heavy (non-hydrogen) atoms. The lowest BCUT2D eigenvalue weighted by Crippen LogP contribution is -2.26. The average Bonchev–Trinajstić information content (AvgIpc) is 2.14. The molecule has 0 aliphatic rings. The molecule has 0 aromatic carbocycles. The van der Waals surface area contributed by atoms with E-state index in [1.807, 2.05) is 0 Å². The number of hydrazone groups is 1. The number of hydrogen-bond acceptors (Lipinski definition) is 4. The van der Waals surface area contributed by atoms with Crippen molar-refractivity contribution >= 4 is 17.6 Å². The number of carbonyl (C=O) groups is 1. The number of allylic oxidation sites excluding steroid dienone is 1. The molecule has 0 aromatic rings. The van der Waals surface area contributed by atoms with Crippen molar-refractivity contribution in [2.45, 2.75) is 6.92 Å². The summed E-state index contributed by atoms with van der Waals surface area (Å²) in [5.74, 6) is -1.36. The standard InChI is InChI=1S/C5H10N4.C2H4O3/c1-3-4(2)8-9-5(6)7;3-1-2(4)5/h3H,1H2,2H3,(H4,6,7,9);3H,1H2,(H,4,5)/b8-4+;. The van der Waals surface area contributed by atoms with Gasteiger partial charge in [-0.2, -0.15) is 5.10 Å². The second kappa shape index (κ2) is 9.20. The molecule has 0 aliphatic carbocycles. The quantitative estimate of drug-likeness (QED) is 0.230. The molecule has 0 amide bonds. The Kier molecular flexibility index (Phi) is 9.61. The first-order valence-electron chi connectivity index (χ1n) is 3.53. The summed E-state index contributed by atoms with van der Waals surface area (Å²) < 4.78 is 0. The van der Waals surface area contributed by atoms with E-state index in [4.69, 9.17) is 26.2 Å². The molecule has 7 heteroatoms. The number of rotatable bonds is 3. The summed E-state index contributed by atoms with van der Waals surface area (Å²) in [7, 11) is 0. The van der Waals surface area contributed by atoms with Crippen LogP contribution in [0.2, 0.25) is 0 Å². The van der Waals surface area contributed by atoms with Crippen LogP contribution in [0.4, 0.5) is 0 Å². The van der Waals surface area contributed by atoms with Gasteiger partial charge in [-0.1, -0.05) is 6.58 Å². The highest BCUT2D eigenvalue weighted by molar-refractivity contribution is 5.93. The fraction of sp³-hybridized carbons (Fsp3) is 0.286. The lowest BCUT2D eigenvalue weighted by atomic mass is 10.4. The zero-order chi connectivity index (χ0) is 11.6. The topological polar surface area (TPSA) is 132 Å². The van der Waals surface area contributed by atoms with Crippen LogP contribution >= 0.6 is 0 Å². The summed E-state index contributed by atoms with van der Waals surface area (Å²) >= 11 is 0. The maximum Gasteiger partial charge on any atom is 0.329 e. The Bertz CT molecular complexity index is 237. The molecule has 7 nitrogen and oxygen atoms in total. The summed E-state index contributed by atoms with van der Waals surface area (Å²) in [5, 5.41) is 25.3. The zero-order valence-electron chi connectivity index (χ0n) is 7.82. The number of carboxylic acids is 1. The number of nitrogens with zero attached hydrogens (tertiary/aromatic N) is 1. The summed E-state index contributed by atoms with van der Waals surface area (Å²) in [5.41, 5.74) is 7.90. The molecule has 0 saturated carbocycles. The molecule has 0 aromatic heterocycles. The molecule has 0 fully saturated rings. The Morgan fingerprint density at radius 3 is 2.43 bits per heavy atom. The van der Waals surface area contributed by atoms with E-state index in [9.17, 15) is 0 Å². The van der Waals surface area contributed by atoms with Crippen LogP contribution < -0.4 is 11.2 Å². The van der Waals surface area contributed by atoms with Gasteiger partial charge in [0.25, 0.3) is 0 Å². The van der Waals surface area contributed by atoms with E-state index in [0.29, 0.717) is 5.71 Å². The first-order valence-corrected chi connectivity index (χ1v) is 3.53. The van der Waals surface area contributed by atoms with Crippen molar-refractivity contribution in [1.29, 1.82) is 5.41 Å². The molecule has 0 spiro atoms. The number of carboxylic acid groups (broad SMARTS) is 1. The molecule has 0 saturated heterocycles. The number of aliphatic hydroxyl groups is 1. The minimum absolute atomic E-state index is 0.170. The van der Waals surface area contributed by atoms with Crippen LogP contribution in [0.1, 0.15) is 6.92 Å². The number of nitrogens with two attached hydrogens (primary N) is 1. The SMILES string of the molecule is C=C/C(C)=N/NC(=N)N.O=C(O)CO. The zero-order valence-corrected chi connectivity index (χ0v) is 7.82. The third-order valence-electron chi connectivity index (χ3n) is 0.783. The summed E-state index contributed by atoms with van der Waals surface area (Å²) in [6.07, 6.45) is 1.57. The van der Waals surface area contributed by atoms with Gasteiger partial charge in [0.1, 0.15) is 6.61 Å². The van der Waals surface area contributed by atoms with Gasteiger partial charge in [0.05, 0.1) is 5.71 Å². The normalized spacial score (nSPS) is 9.43. The van der Waals surface area contributed by atoms with Crippen molar-refractivity contribution < 1.29 is 15.0 Å². The van der Waals surface area contributed by atoms with Crippen LogP contribution in [0.15, 0.2) is 17.8 Å². The Morgan fingerprint density at radius 1 is 1.79 bits per heavy atom. The van der Waals surface area contributed by atoms with Crippen LogP contribution in [-0.4, -0.2) is 34.5 Å². The second-order valence-electron chi connectivity index (χ2n) is 2.03. The molecule has 0 rings (SSSR count). The van der Waals surface area contributed by atoms with Gasteiger partial charge < -0.3 is 15.9 Å². The lowest BCUT2D eigenvalue weighted by Gasteiger charge is -1.93. The van der Waals surface area contributed by atoms with Gasteiger partial charge in [0.15, 0.2) is 0 Å². The fourth-order valence-electron chi connectivity index (χ4n) is 0.194. The number of aliphatic carboxylic acids is 1. The molecule has 0 atom stereocenters. The molecule has 80 valence electrons. The van der Waals surface area contributed by atoms with Crippen molar-refractivity contribution in [3.63, 3.8) is 0 Å². The molecule has 0 unspecified atom stereocenters. The maximum atomic E-state index is 9.12. The highest BCUT2D eigenvalue weighted by Gasteiger charge is 1.82. The van der Waals surface area contributed by atoms with E-state index in [1.165, 1.54) is 0 Å². The Hall–Kier alpha value is -1.89. The number of nitrogens with one attached hydrogen (secondary N) is 2. The predicted octanol–water partition coefficient (Wildman–Crippen LogP) is -0.905. The first-order chi connectivity index (χ1) is 6.43. The van der Waals surface area contributed by atoms with E-state index in [0.717, 1.165) is 0 Å². The summed E-state index contributed by atoms with van der Waals surface area (Å²) in [6, 6.07) is 0. The minimum atomic E-state index is -1.19. The van der Waals surface area contributed by atoms with Crippen LogP contribution in [0, 0.1) is 5.41 Å². The third kappa shape index (κ3) is 16.6. The van der Waals surface area contributed by atoms with Gasteiger partial charge in [-0.3, -0.25) is 5.41 Å². The van der Waals surface area contributed by atoms with Crippen molar-refractivity contribution in [3.8, 4) is 0 Å². The van der Waals surface area contributed by atoms with Crippen molar-refractivity contribution in [3.05, 3.63) is 12.7 Å². The van der Waals surface area contributed by atoms with E-state index < -0.39 is 12.6 Å². The second-order valence-corrected chi connectivity index (χ2v) is 2.03. The average molecular weight is 202 g/mol. The van der Waals surface area contributed by atoms with Crippen LogP contribution in [0.5, 0.6) is 0 Å². The van der Waals surface area contributed by atoms with Gasteiger partial charge in [0, 0.05) is 0 Å². The van der Waals surface area contributed by atoms with Gasteiger partial charge in [-0.05, 0) is 13.0 Å². The monoisotopic (exact) mass is 202 g/mol. The van der Waals surface area contributed by atoms with Crippen LogP contribution in [0.3, 0.4) is 0 Å². The van der Waals surface area contributed by atoms with E-state index in [1.54, 1.807) is 13.0 Å². The van der Waals surface area contributed by atoms with Gasteiger partial charge >= 0.3 is 5.97 Å². The van der Waals surface area contributed by atoms with Crippen LogP contribution in [0.25, 0.3) is 0 Å². The first kappa shape index (κ1) is 14.6. The van der Waals surface area contributed by atoms with Gasteiger partial charge in [-0.15, -0.1) is 0 Å². The van der Waals surface area contributed by atoms with Crippen molar-refractivity contribution in [2.75, 3.05) is 6.61 Å². The summed E-state index contributed by atoms with van der Waals surface area (Å²) in [6.45, 7) is 4.43. The Labute approximate surface area is 81.4 Å². The lowest BCUT2D eigenvalue weighted by molar-refractivity contribution is -0.140. The largest absolute Gasteiger partial charge is 0.480 e. The Morgan fingerprint density at radius 2 is 2.21 bits per heavy atom. The van der Waals surface area contributed by atoms with Gasteiger partial charge in [-0.25, -0.2) is 10.2 Å². The number of guanidine groups is 1. The molecular weight excluding hydrogens is 188 g/mol. The predicted molar refractivity (Wildman–Crippen MR) is 53.1 cm³/mol.